The van der Waals surface area contributed by atoms with E-state index in [1.165, 1.54) is 0 Å². The second kappa shape index (κ2) is 5.77. The number of carbonyl (C=O) groups is 1. The van der Waals surface area contributed by atoms with Crippen molar-refractivity contribution >= 4 is 5.91 Å². The number of rotatable bonds is 3. The van der Waals surface area contributed by atoms with E-state index < -0.39 is 0 Å². The van der Waals surface area contributed by atoms with Crippen molar-refractivity contribution in [1.82, 2.24) is 15.6 Å². The van der Waals surface area contributed by atoms with Crippen molar-refractivity contribution in [3.05, 3.63) is 30.1 Å². The van der Waals surface area contributed by atoms with Crippen LogP contribution in [-0.4, -0.2) is 24.0 Å². The number of nitrogens with one attached hydrogen (secondary N) is 2. The van der Waals surface area contributed by atoms with E-state index in [1.807, 2.05) is 19.1 Å². The number of nitrogens with zero attached hydrogens (tertiary/aromatic N) is 1. The van der Waals surface area contributed by atoms with E-state index in [1.54, 1.807) is 12.4 Å². The Morgan fingerprint density at radius 1 is 1.41 bits per heavy atom. The van der Waals surface area contributed by atoms with Crippen LogP contribution in [0.3, 0.4) is 0 Å². The highest BCUT2D eigenvalue weighted by molar-refractivity contribution is 5.79. The highest BCUT2D eigenvalue weighted by Crippen LogP contribution is 2.15. The summed E-state index contributed by atoms with van der Waals surface area (Å²) in [4.78, 5) is 16.0. The van der Waals surface area contributed by atoms with E-state index in [2.05, 4.69) is 15.6 Å². The Labute approximate surface area is 102 Å². The molecule has 1 aliphatic rings. The first-order valence-electron chi connectivity index (χ1n) is 6.18. The van der Waals surface area contributed by atoms with Crippen LogP contribution < -0.4 is 10.6 Å². The van der Waals surface area contributed by atoms with Crippen LogP contribution in [0.5, 0.6) is 0 Å². The molecule has 92 valence electrons. The summed E-state index contributed by atoms with van der Waals surface area (Å²) in [5, 5.41) is 6.34. The second-order valence-electron chi connectivity index (χ2n) is 4.54. The van der Waals surface area contributed by atoms with Crippen LogP contribution >= 0.6 is 0 Å². The first-order chi connectivity index (χ1) is 8.27. The lowest BCUT2D eigenvalue weighted by molar-refractivity contribution is -0.126. The number of aromatic nitrogens is 1. The predicted molar refractivity (Wildman–Crippen MR) is 66.4 cm³/mol. The van der Waals surface area contributed by atoms with Crippen molar-refractivity contribution in [3.8, 4) is 0 Å². The molecule has 4 heteroatoms. The SMILES string of the molecule is C[C@@H](NC(=O)C1CCNCC1)c1ccncc1. The zero-order chi connectivity index (χ0) is 12.1. The van der Waals surface area contributed by atoms with E-state index in [0.29, 0.717) is 0 Å². The lowest BCUT2D eigenvalue weighted by atomic mass is 9.96. The lowest BCUT2D eigenvalue weighted by Crippen LogP contribution is -2.39. The van der Waals surface area contributed by atoms with Gasteiger partial charge in [-0.3, -0.25) is 9.78 Å². The Bertz CT molecular complexity index is 360. The number of amides is 1. The van der Waals surface area contributed by atoms with Gasteiger partial charge in [-0.05, 0) is 50.6 Å². The maximum Gasteiger partial charge on any atom is 0.223 e. The smallest absolute Gasteiger partial charge is 0.223 e. The largest absolute Gasteiger partial charge is 0.349 e. The van der Waals surface area contributed by atoms with Crippen molar-refractivity contribution in [3.63, 3.8) is 0 Å². The minimum Gasteiger partial charge on any atom is -0.349 e. The van der Waals surface area contributed by atoms with Crippen LogP contribution in [0.2, 0.25) is 0 Å². The summed E-state index contributed by atoms with van der Waals surface area (Å²) in [6, 6.07) is 3.93. The monoisotopic (exact) mass is 233 g/mol. The van der Waals surface area contributed by atoms with Crippen LogP contribution in [-0.2, 0) is 4.79 Å². The average molecular weight is 233 g/mol. The average Bonchev–Trinajstić information content (AvgIpc) is 2.40. The molecule has 0 saturated carbocycles. The fraction of sp³-hybridized carbons (Fsp3) is 0.538. The number of carbonyl (C=O) groups excluding carboxylic acids is 1. The first-order valence-corrected chi connectivity index (χ1v) is 6.18. The van der Waals surface area contributed by atoms with Crippen LogP contribution in [0.15, 0.2) is 24.5 Å². The summed E-state index contributed by atoms with van der Waals surface area (Å²) in [7, 11) is 0. The van der Waals surface area contributed by atoms with Gasteiger partial charge in [-0.2, -0.15) is 0 Å². The number of hydrogen-bond donors (Lipinski definition) is 2. The van der Waals surface area contributed by atoms with Gasteiger partial charge < -0.3 is 10.6 Å². The first kappa shape index (κ1) is 12.0. The molecule has 2 rings (SSSR count). The van der Waals surface area contributed by atoms with Gasteiger partial charge in [0, 0.05) is 18.3 Å². The molecule has 0 unspecified atom stereocenters. The highest BCUT2D eigenvalue weighted by atomic mass is 16.1. The highest BCUT2D eigenvalue weighted by Gasteiger charge is 2.22. The van der Waals surface area contributed by atoms with Crippen LogP contribution in [0, 0.1) is 5.92 Å². The third-order valence-electron chi connectivity index (χ3n) is 3.27. The number of hydrogen-bond acceptors (Lipinski definition) is 3. The van der Waals surface area contributed by atoms with Gasteiger partial charge >= 0.3 is 0 Å². The summed E-state index contributed by atoms with van der Waals surface area (Å²) in [6.45, 7) is 3.90. The van der Waals surface area contributed by atoms with Gasteiger partial charge in [0.2, 0.25) is 5.91 Å². The normalized spacial score (nSPS) is 18.6. The maximum atomic E-state index is 12.0. The van der Waals surface area contributed by atoms with E-state index >= 15 is 0 Å². The Kier molecular flexibility index (Phi) is 4.09. The zero-order valence-corrected chi connectivity index (χ0v) is 10.1. The molecule has 2 N–H and O–H groups in total. The van der Waals surface area contributed by atoms with E-state index in [-0.39, 0.29) is 17.9 Å². The van der Waals surface area contributed by atoms with Gasteiger partial charge in [0.05, 0.1) is 6.04 Å². The Morgan fingerprint density at radius 3 is 2.71 bits per heavy atom. The standard InChI is InChI=1S/C13H19N3O/c1-10(11-2-6-14-7-3-11)16-13(17)12-4-8-15-9-5-12/h2-3,6-7,10,12,15H,4-5,8-9H2,1H3,(H,16,17)/t10-/m1/s1. The molecule has 1 fully saturated rings. The van der Waals surface area contributed by atoms with Crippen molar-refractivity contribution in [2.24, 2.45) is 5.92 Å². The third-order valence-corrected chi connectivity index (χ3v) is 3.27. The molecule has 1 aromatic rings. The van der Waals surface area contributed by atoms with E-state index in [9.17, 15) is 4.79 Å². The minimum absolute atomic E-state index is 0.0559. The van der Waals surface area contributed by atoms with Gasteiger partial charge in [-0.1, -0.05) is 0 Å². The molecule has 17 heavy (non-hydrogen) atoms. The molecule has 1 saturated heterocycles. The molecule has 2 heterocycles. The topological polar surface area (TPSA) is 54.0 Å². The molecule has 1 atom stereocenters. The third kappa shape index (κ3) is 3.27. The van der Waals surface area contributed by atoms with E-state index in [4.69, 9.17) is 0 Å². The lowest BCUT2D eigenvalue weighted by Gasteiger charge is -2.24. The Morgan fingerprint density at radius 2 is 2.06 bits per heavy atom. The summed E-state index contributed by atoms with van der Waals surface area (Å²) in [5.41, 5.74) is 1.10. The van der Waals surface area contributed by atoms with Crippen LogP contribution in [0.4, 0.5) is 0 Å². The van der Waals surface area contributed by atoms with Gasteiger partial charge in [0.1, 0.15) is 0 Å². The summed E-state index contributed by atoms with van der Waals surface area (Å²) in [6.07, 6.45) is 5.38. The number of piperidine rings is 1. The van der Waals surface area contributed by atoms with Gasteiger partial charge in [0.15, 0.2) is 0 Å². The number of pyridine rings is 1. The molecule has 4 nitrogen and oxygen atoms in total. The maximum absolute atomic E-state index is 12.0. The van der Waals surface area contributed by atoms with Gasteiger partial charge in [-0.15, -0.1) is 0 Å². The predicted octanol–water partition coefficient (Wildman–Crippen LogP) is 1.26. The van der Waals surface area contributed by atoms with Crippen LogP contribution in [0.25, 0.3) is 0 Å². The Balaban J connectivity index is 1.89. The van der Waals surface area contributed by atoms with E-state index in [0.717, 1.165) is 31.5 Å². The quantitative estimate of drug-likeness (QED) is 0.826. The van der Waals surface area contributed by atoms with Crippen LogP contribution in [0.1, 0.15) is 31.4 Å². The van der Waals surface area contributed by atoms with Crippen molar-refractivity contribution in [2.75, 3.05) is 13.1 Å². The molecular formula is C13H19N3O. The fourth-order valence-electron chi connectivity index (χ4n) is 2.15. The fourth-order valence-corrected chi connectivity index (χ4v) is 2.15. The molecule has 1 aliphatic heterocycles. The summed E-state index contributed by atoms with van der Waals surface area (Å²) in [5.74, 6) is 0.344. The van der Waals surface area contributed by atoms with Gasteiger partial charge in [-0.25, -0.2) is 0 Å². The molecule has 1 amide bonds. The minimum atomic E-state index is 0.0559. The molecule has 0 spiro atoms. The van der Waals surface area contributed by atoms with Crippen molar-refractivity contribution in [1.29, 1.82) is 0 Å². The van der Waals surface area contributed by atoms with Gasteiger partial charge in [0.25, 0.3) is 0 Å². The zero-order valence-electron chi connectivity index (χ0n) is 10.1. The Hall–Kier alpha value is -1.42. The second-order valence-corrected chi connectivity index (χ2v) is 4.54. The molecule has 0 radical (unpaired) electrons. The molecular weight excluding hydrogens is 214 g/mol. The summed E-state index contributed by atoms with van der Waals surface area (Å²) >= 11 is 0. The van der Waals surface area contributed by atoms with Crippen molar-refractivity contribution in [2.45, 2.75) is 25.8 Å². The molecule has 0 aliphatic carbocycles. The molecule has 0 aromatic carbocycles. The summed E-state index contributed by atoms with van der Waals surface area (Å²) < 4.78 is 0. The van der Waals surface area contributed by atoms with Crippen molar-refractivity contribution < 1.29 is 4.79 Å². The molecule has 0 bridgehead atoms. The molecule has 1 aromatic heterocycles.